The van der Waals surface area contributed by atoms with Crippen molar-refractivity contribution in [3.63, 3.8) is 0 Å². The number of thiophene rings is 1. The molecule has 0 radical (unpaired) electrons. The average Bonchev–Trinajstić information content (AvgIpc) is 3.28. The molecule has 0 saturated heterocycles. The zero-order valence-corrected chi connectivity index (χ0v) is 15.0. The van der Waals surface area contributed by atoms with Crippen molar-refractivity contribution in [2.24, 2.45) is 17.8 Å². The van der Waals surface area contributed by atoms with Gasteiger partial charge in [-0.2, -0.15) is 0 Å². The van der Waals surface area contributed by atoms with Crippen molar-refractivity contribution in [3.8, 4) is 0 Å². The second-order valence-corrected chi connectivity index (χ2v) is 8.51. The number of hydrogen-bond acceptors (Lipinski definition) is 4. The number of carbonyl (C=O) groups excluding carboxylic acids is 2. The molecule has 24 heavy (non-hydrogen) atoms. The molecule has 130 valence electrons. The standard InChI is InChI=1S/C19H25NO3S/c1-2-23-19(22)16-13-5-3-4-6-15(13)24-18(16)20-17(21)14-10-11-7-8-12(14)9-11/h11-12,14H,2-10H2,1H3,(H,20,21)/t11-,12-,14+/m0/s1. The molecule has 1 N–H and O–H groups in total. The average molecular weight is 347 g/mol. The third-order valence-electron chi connectivity index (χ3n) is 5.96. The van der Waals surface area contributed by atoms with Gasteiger partial charge in [0.1, 0.15) is 5.00 Å². The van der Waals surface area contributed by atoms with Crippen LogP contribution >= 0.6 is 11.3 Å². The van der Waals surface area contributed by atoms with Crippen molar-refractivity contribution >= 4 is 28.2 Å². The largest absolute Gasteiger partial charge is 0.462 e. The van der Waals surface area contributed by atoms with Crippen LogP contribution in [-0.4, -0.2) is 18.5 Å². The van der Waals surface area contributed by atoms with E-state index >= 15 is 0 Å². The summed E-state index contributed by atoms with van der Waals surface area (Å²) in [6.45, 7) is 2.19. The molecular formula is C19H25NO3S. The highest BCUT2D eigenvalue weighted by molar-refractivity contribution is 7.17. The summed E-state index contributed by atoms with van der Waals surface area (Å²) in [6.07, 6.45) is 8.91. The van der Waals surface area contributed by atoms with Crippen molar-refractivity contribution in [1.82, 2.24) is 0 Å². The number of ether oxygens (including phenoxy) is 1. The lowest BCUT2D eigenvalue weighted by Crippen LogP contribution is -2.27. The summed E-state index contributed by atoms with van der Waals surface area (Å²) >= 11 is 1.59. The van der Waals surface area contributed by atoms with Crippen LogP contribution in [0.5, 0.6) is 0 Å². The fraction of sp³-hybridized carbons (Fsp3) is 0.684. The number of rotatable bonds is 4. The lowest BCUT2D eigenvalue weighted by atomic mass is 9.88. The first-order valence-electron chi connectivity index (χ1n) is 9.30. The molecule has 5 heteroatoms. The van der Waals surface area contributed by atoms with E-state index in [1.807, 2.05) is 6.92 Å². The van der Waals surface area contributed by atoms with Gasteiger partial charge >= 0.3 is 5.97 Å². The van der Waals surface area contributed by atoms with E-state index in [1.165, 1.54) is 24.1 Å². The molecule has 0 aromatic carbocycles. The molecule has 1 amide bonds. The Bertz CT molecular complexity index is 666. The molecule has 0 unspecified atom stereocenters. The molecule has 0 aliphatic heterocycles. The van der Waals surface area contributed by atoms with E-state index in [4.69, 9.17) is 4.74 Å². The van der Waals surface area contributed by atoms with Crippen LogP contribution in [-0.2, 0) is 22.4 Å². The minimum absolute atomic E-state index is 0.117. The van der Waals surface area contributed by atoms with E-state index in [1.54, 1.807) is 11.3 Å². The van der Waals surface area contributed by atoms with Crippen LogP contribution in [0.15, 0.2) is 0 Å². The molecule has 1 aromatic heterocycles. The van der Waals surface area contributed by atoms with Gasteiger partial charge < -0.3 is 10.1 Å². The third kappa shape index (κ3) is 2.77. The number of esters is 1. The zero-order chi connectivity index (χ0) is 16.7. The van der Waals surface area contributed by atoms with E-state index in [0.717, 1.165) is 48.6 Å². The molecule has 2 bridgehead atoms. The third-order valence-corrected chi connectivity index (χ3v) is 7.17. The monoisotopic (exact) mass is 347 g/mol. The Balaban J connectivity index is 1.58. The molecule has 3 atom stereocenters. The molecule has 0 spiro atoms. The lowest BCUT2D eigenvalue weighted by molar-refractivity contribution is -0.121. The molecule has 1 heterocycles. The summed E-state index contributed by atoms with van der Waals surface area (Å²) in [7, 11) is 0. The Morgan fingerprint density at radius 3 is 2.75 bits per heavy atom. The predicted octanol–water partition coefficient (Wildman–Crippen LogP) is 4.18. The molecule has 4 nitrogen and oxygen atoms in total. The first-order valence-corrected chi connectivity index (χ1v) is 10.1. The number of fused-ring (bicyclic) bond motifs is 3. The summed E-state index contributed by atoms with van der Waals surface area (Å²) in [6, 6.07) is 0. The van der Waals surface area contributed by atoms with E-state index < -0.39 is 0 Å². The van der Waals surface area contributed by atoms with Gasteiger partial charge in [0.05, 0.1) is 12.2 Å². The highest BCUT2D eigenvalue weighted by Crippen LogP contribution is 2.49. The van der Waals surface area contributed by atoms with Gasteiger partial charge in [-0.05, 0) is 69.3 Å². The van der Waals surface area contributed by atoms with Crippen LogP contribution in [0.1, 0.15) is 66.2 Å². The maximum atomic E-state index is 12.8. The van der Waals surface area contributed by atoms with Gasteiger partial charge in [0.15, 0.2) is 0 Å². The number of amides is 1. The van der Waals surface area contributed by atoms with Crippen LogP contribution in [0.2, 0.25) is 0 Å². The fourth-order valence-electron chi connectivity index (χ4n) is 4.84. The second kappa shape index (κ2) is 6.51. The number of nitrogens with one attached hydrogen (secondary N) is 1. The Hall–Kier alpha value is -1.36. The first kappa shape index (κ1) is 16.1. The van der Waals surface area contributed by atoms with Gasteiger partial charge in [-0.25, -0.2) is 4.79 Å². The number of anilines is 1. The predicted molar refractivity (Wildman–Crippen MR) is 94.5 cm³/mol. The fourth-order valence-corrected chi connectivity index (χ4v) is 6.12. The smallest absolute Gasteiger partial charge is 0.341 e. The number of hydrogen-bond donors (Lipinski definition) is 1. The SMILES string of the molecule is CCOC(=O)c1c(NC(=O)[C@@H]2C[C@H]3CC[C@H]2C3)sc2c1CCCC2. The normalized spacial score (nSPS) is 27.8. The van der Waals surface area contributed by atoms with Gasteiger partial charge in [-0.1, -0.05) is 6.42 Å². The highest BCUT2D eigenvalue weighted by atomic mass is 32.1. The van der Waals surface area contributed by atoms with Crippen molar-refractivity contribution in [2.75, 3.05) is 11.9 Å². The number of aryl methyl sites for hydroxylation is 1. The van der Waals surface area contributed by atoms with Crippen molar-refractivity contribution in [3.05, 3.63) is 16.0 Å². The van der Waals surface area contributed by atoms with Crippen molar-refractivity contribution < 1.29 is 14.3 Å². The Morgan fingerprint density at radius 2 is 2.04 bits per heavy atom. The van der Waals surface area contributed by atoms with Gasteiger partial charge in [0.25, 0.3) is 0 Å². The van der Waals surface area contributed by atoms with Crippen LogP contribution < -0.4 is 5.32 Å². The Labute approximate surface area is 147 Å². The molecule has 3 aliphatic carbocycles. The van der Waals surface area contributed by atoms with E-state index in [-0.39, 0.29) is 17.8 Å². The van der Waals surface area contributed by atoms with Crippen molar-refractivity contribution in [1.29, 1.82) is 0 Å². The van der Waals surface area contributed by atoms with Gasteiger partial charge in [0.2, 0.25) is 5.91 Å². The van der Waals surface area contributed by atoms with Gasteiger partial charge in [0, 0.05) is 10.8 Å². The molecule has 1 aromatic rings. The second-order valence-electron chi connectivity index (χ2n) is 7.41. The van der Waals surface area contributed by atoms with E-state index in [2.05, 4.69) is 5.32 Å². The molecular weight excluding hydrogens is 322 g/mol. The molecule has 2 fully saturated rings. The van der Waals surface area contributed by atoms with Gasteiger partial charge in [-0.3, -0.25) is 4.79 Å². The quantitative estimate of drug-likeness (QED) is 0.831. The maximum Gasteiger partial charge on any atom is 0.341 e. The molecule has 3 aliphatic rings. The minimum Gasteiger partial charge on any atom is -0.462 e. The summed E-state index contributed by atoms with van der Waals surface area (Å²) in [5.41, 5.74) is 1.75. The Kier molecular flexibility index (Phi) is 4.37. The summed E-state index contributed by atoms with van der Waals surface area (Å²) in [5.74, 6) is 1.27. The van der Waals surface area contributed by atoms with Crippen molar-refractivity contribution in [2.45, 2.75) is 58.3 Å². The lowest BCUT2D eigenvalue weighted by Gasteiger charge is -2.20. The Morgan fingerprint density at radius 1 is 1.21 bits per heavy atom. The molecule has 4 rings (SSSR count). The van der Waals surface area contributed by atoms with Crippen LogP contribution in [0, 0.1) is 17.8 Å². The van der Waals surface area contributed by atoms with Gasteiger partial charge in [-0.15, -0.1) is 11.3 Å². The van der Waals surface area contributed by atoms with Crippen LogP contribution in [0.25, 0.3) is 0 Å². The minimum atomic E-state index is -0.278. The summed E-state index contributed by atoms with van der Waals surface area (Å²) < 4.78 is 5.27. The summed E-state index contributed by atoms with van der Waals surface area (Å²) in [5, 5.41) is 3.84. The topological polar surface area (TPSA) is 55.4 Å². The van der Waals surface area contributed by atoms with Crippen LogP contribution in [0.3, 0.4) is 0 Å². The highest BCUT2D eigenvalue weighted by Gasteiger charge is 2.43. The number of carbonyl (C=O) groups is 2. The summed E-state index contributed by atoms with van der Waals surface area (Å²) in [4.78, 5) is 26.5. The molecule has 2 saturated carbocycles. The van der Waals surface area contributed by atoms with E-state index in [9.17, 15) is 9.59 Å². The first-order chi connectivity index (χ1) is 11.7. The van der Waals surface area contributed by atoms with Crippen LogP contribution in [0.4, 0.5) is 5.00 Å². The maximum absolute atomic E-state index is 12.8. The van der Waals surface area contributed by atoms with E-state index in [0.29, 0.717) is 18.1 Å². The zero-order valence-electron chi connectivity index (χ0n) is 14.2.